The second-order valence-electron chi connectivity index (χ2n) is 9.76. The standard InChI is InChI=1S/C26H33ClN2O5S/c1-26(31)12-9-21(10-13-26)29-15-11-20(25(29)30)17-19-7-8-22(18-24(19)27)34-16-14-28-35(32,33)23-5-3-2-4-6-23/h2-8,18,20-21,28,31H,9-17H2,1H3. The van der Waals surface area contributed by atoms with E-state index in [0.29, 0.717) is 17.2 Å². The van der Waals surface area contributed by atoms with Crippen LogP contribution in [-0.4, -0.2) is 55.7 Å². The number of amides is 1. The molecular weight excluding hydrogens is 488 g/mol. The third-order valence-corrected chi connectivity index (χ3v) is 8.86. The minimum atomic E-state index is -3.57. The predicted molar refractivity (Wildman–Crippen MR) is 135 cm³/mol. The molecule has 35 heavy (non-hydrogen) atoms. The number of nitrogens with one attached hydrogen (secondary N) is 1. The van der Waals surface area contributed by atoms with Crippen LogP contribution in [0.25, 0.3) is 0 Å². The van der Waals surface area contributed by atoms with Crippen LogP contribution in [0.2, 0.25) is 5.02 Å². The molecule has 2 N–H and O–H groups in total. The Morgan fingerprint density at radius 3 is 2.54 bits per heavy atom. The number of rotatable bonds is 9. The van der Waals surface area contributed by atoms with Gasteiger partial charge >= 0.3 is 0 Å². The molecule has 1 aliphatic heterocycles. The lowest BCUT2D eigenvalue weighted by atomic mass is 9.83. The average Bonchev–Trinajstić information content (AvgIpc) is 3.19. The summed E-state index contributed by atoms with van der Waals surface area (Å²) >= 11 is 6.49. The Bertz CT molecular complexity index is 1130. The first-order valence-electron chi connectivity index (χ1n) is 12.1. The monoisotopic (exact) mass is 520 g/mol. The fourth-order valence-corrected chi connectivity index (χ4v) is 6.21. The normalized spacial score (nSPS) is 25.1. The fraction of sp³-hybridized carbons (Fsp3) is 0.500. The number of nitrogens with zero attached hydrogens (tertiary/aromatic N) is 1. The number of aliphatic hydroxyl groups is 1. The maximum atomic E-state index is 13.0. The van der Waals surface area contributed by atoms with Gasteiger partial charge in [0.15, 0.2) is 0 Å². The second-order valence-corrected chi connectivity index (χ2v) is 11.9. The largest absolute Gasteiger partial charge is 0.492 e. The molecule has 0 radical (unpaired) electrons. The summed E-state index contributed by atoms with van der Waals surface area (Å²) in [4.78, 5) is 15.3. The molecule has 1 atom stereocenters. The zero-order valence-electron chi connectivity index (χ0n) is 20.0. The van der Waals surface area contributed by atoms with Gasteiger partial charge in [-0.2, -0.15) is 0 Å². The number of sulfonamides is 1. The Balaban J connectivity index is 1.26. The van der Waals surface area contributed by atoms with Gasteiger partial charge in [0.05, 0.1) is 10.5 Å². The number of ether oxygens (including phenoxy) is 1. The van der Waals surface area contributed by atoms with E-state index in [9.17, 15) is 18.3 Å². The Hall–Kier alpha value is -2.13. The summed E-state index contributed by atoms with van der Waals surface area (Å²) in [6, 6.07) is 13.8. The lowest BCUT2D eigenvalue weighted by Crippen LogP contribution is -2.43. The summed E-state index contributed by atoms with van der Waals surface area (Å²) in [5, 5.41) is 10.7. The van der Waals surface area contributed by atoms with Gasteiger partial charge in [0, 0.05) is 30.1 Å². The summed E-state index contributed by atoms with van der Waals surface area (Å²) in [6.07, 6.45) is 4.54. The topological polar surface area (TPSA) is 95.9 Å². The van der Waals surface area contributed by atoms with Crippen LogP contribution in [-0.2, 0) is 21.2 Å². The van der Waals surface area contributed by atoms with Crippen molar-refractivity contribution < 1.29 is 23.1 Å². The van der Waals surface area contributed by atoms with E-state index >= 15 is 0 Å². The molecule has 190 valence electrons. The van der Waals surface area contributed by atoms with Crippen LogP contribution in [0.3, 0.4) is 0 Å². The Morgan fingerprint density at radius 1 is 1.14 bits per heavy atom. The number of benzene rings is 2. The Morgan fingerprint density at radius 2 is 1.86 bits per heavy atom. The number of likely N-dealkylation sites (tertiary alicyclic amines) is 1. The summed E-state index contributed by atoms with van der Waals surface area (Å²) in [7, 11) is -3.57. The van der Waals surface area contributed by atoms with Gasteiger partial charge in [-0.25, -0.2) is 13.1 Å². The summed E-state index contributed by atoms with van der Waals surface area (Å²) < 4.78 is 32.7. The summed E-state index contributed by atoms with van der Waals surface area (Å²) in [5.41, 5.74) is 0.290. The average molecular weight is 521 g/mol. The van der Waals surface area contributed by atoms with E-state index in [1.807, 2.05) is 17.9 Å². The molecule has 1 saturated heterocycles. The molecule has 1 amide bonds. The fourth-order valence-electron chi connectivity index (χ4n) is 4.93. The van der Waals surface area contributed by atoms with E-state index in [1.165, 1.54) is 12.1 Å². The van der Waals surface area contributed by atoms with Crippen LogP contribution in [0.5, 0.6) is 5.75 Å². The third kappa shape index (κ3) is 6.55. The smallest absolute Gasteiger partial charge is 0.240 e. The molecule has 0 aromatic heterocycles. The van der Waals surface area contributed by atoms with Crippen LogP contribution >= 0.6 is 11.6 Å². The van der Waals surface area contributed by atoms with Crippen molar-refractivity contribution in [3.05, 3.63) is 59.1 Å². The third-order valence-electron chi connectivity index (χ3n) is 7.03. The molecule has 0 spiro atoms. The van der Waals surface area contributed by atoms with Crippen molar-refractivity contribution >= 4 is 27.5 Å². The first-order chi connectivity index (χ1) is 16.6. The van der Waals surface area contributed by atoms with Gasteiger partial charge < -0.3 is 14.7 Å². The number of hydrogen-bond acceptors (Lipinski definition) is 5. The van der Waals surface area contributed by atoms with Crippen LogP contribution in [0.4, 0.5) is 0 Å². The number of hydrogen-bond donors (Lipinski definition) is 2. The second kappa shape index (κ2) is 10.9. The molecule has 1 heterocycles. The molecule has 2 aromatic rings. The molecule has 4 rings (SSSR count). The molecule has 9 heteroatoms. The van der Waals surface area contributed by atoms with Crippen LogP contribution < -0.4 is 9.46 Å². The molecular formula is C26H33ClN2O5S. The van der Waals surface area contributed by atoms with E-state index < -0.39 is 15.6 Å². The molecule has 2 aliphatic rings. The van der Waals surface area contributed by atoms with Crippen molar-refractivity contribution in [2.24, 2.45) is 5.92 Å². The van der Waals surface area contributed by atoms with Gasteiger partial charge in [-0.15, -0.1) is 0 Å². The van der Waals surface area contributed by atoms with E-state index in [4.69, 9.17) is 16.3 Å². The highest BCUT2D eigenvalue weighted by atomic mass is 35.5. The number of carbonyl (C=O) groups excluding carboxylic acids is 1. The van der Waals surface area contributed by atoms with Crippen molar-refractivity contribution in [2.75, 3.05) is 19.7 Å². The quantitative estimate of drug-likeness (QED) is 0.490. The first-order valence-corrected chi connectivity index (χ1v) is 14.0. The minimum absolute atomic E-state index is 0.0888. The van der Waals surface area contributed by atoms with E-state index in [-0.39, 0.29) is 35.9 Å². The highest BCUT2D eigenvalue weighted by Crippen LogP contribution is 2.35. The van der Waals surface area contributed by atoms with Gasteiger partial charge in [0.1, 0.15) is 12.4 Å². The van der Waals surface area contributed by atoms with E-state index in [1.54, 1.807) is 30.3 Å². The molecule has 2 fully saturated rings. The van der Waals surface area contributed by atoms with Crippen LogP contribution in [0.1, 0.15) is 44.6 Å². The molecule has 0 bridgehead atoms. The zero-order valence-corrected chi connectivity index (χ0v) is 21.5. The van der Waals surface area contributed by atoms with Gasteiger partial charge in [-0.1, -0.05) is 35.9 Å². The maximum Gasteiger partial charge on any atom is 0.240 e. The summed E-state index contributed by atoms with van der Waals surface area (Å²) in [6.45, 7) is 2.91. The first kappa shape index (κ1) is 25.9. The lowest BCUT2D eigenvalue weighted by molar-refractivity contribution is -0.134. The maximum absolute atomic E-state index is 13.0. The van der Waals surface area contributed by atoms with Gasteiger partial charge in [0.2, 0.25) is 15.9 Å². The molecule has 1 saturated carbocycles. The van der Waals surface area contributed by atoms with Gasteiger partial charge in [0.25, 0.3) is 0 Å². The summed E-state index contributed by atoms with van der Waals surface area (Å²) in [5.74, 6) is 0.638. The SMILES string of the molecule is CC1(O)CCC(N2CCC(Cc3ccc(OCCNS(=O)(=O)c4ccccc4)cc3Cl)C2=O)CC1. The zero-order chi connectivity index (χ0) is 25.1. The predicted octanol–water partition coefficient (Wildman–Crippen LogP) is 3.78. The minimum Gasteiger partial charge on any atom is -0.492 e. The van der Waals surface area contributed by atoms with Crippen LogP contribution in [0.15, 0.2) is 53.4 Å². The highest BCUT2D eigenvalue weighted by molar-refractivity contribution is 7.89. The molecule has 1 aliphatic carbocycles. The van der Waals surface area contributed by atoms with Crippen molar-refractivity contribution in [3.63, 3.8) is 0 Å². The highest BCUT2D eigenvalue weighted by Gasteiger charge is 2.39. The van der Waals surface area contributed by atoms with Gasteiger partial charge in [-0.05, 0) is 75.3 Å². The van der Waals surface area contributed by atoms with E-state index in [0.717, 1.165) is 44.2 Å². The van der Waals surface area contributed by atoms with E-state index in [2.05, 4.69) is 4.72 Å². The number of halogens is 1. The molecule has 1 unspecified atom stereocenters. The molecule has 2 aromatic carbocycles. The number of carbonyl (C=O) groups is 1. The van der Waals surface area contributed by atoms with Crippen molar-refractivity contribution in [3.8, 4) is 5.75 Å². The lowest BCUT2D eigenvalue weighted by Gasteiger charge is -2.37. The molecule has 7 nitrogen and oxygen atoms in total. The van der Waals surface area contributed by atoms with Crippen molar-refractivity contribution in [2.45, 2.75) is 62.0 Å². The van der Waals surface area contributed by atoms with Crippen molar-refractivity contribution in [1.82, 2.24) is 9.62 Å². The Labute approximate surface area is 212 Å². The van der Waals surface area contributed by atoms with Crippen molar-refractivity contribution in [1.29, 1.82) is 0 Å². The van der Waals surface area contributed by atoms with Gasteiger partial charge in [-0.3, -0.25) is 4.79 Å². The van der Waals surface area contributed by atoms with Crippen LogP contribution in [0, 0.1) is 5.92 Å². The Kier molecular flexibility index (Phi) is 8.06.